The summed E-state index contributed by atoms with van der Waals surface area (Å²) in [7, 11) is 0. The first-order valence-corrected chi connectivity index (χ1v) is 3.67. The van der Waals surface area contributed by atoms with Crippen LogP contribution in [-0.2, 0) is 4.79 Å². The summed E-state index contributed by atoms with van der Waals surface area (Å²) in [5, 5.41) is 7.42. The van der Waals surface area contributed by atoms with Crippen molar-refractivity contribution in [2.45, 2.75) is 6.92 Å². The highest BCUT2D eigenvalue weighted by Gasteiger charge is 1.97. The van der Waals surface area contributed by atoms with Crippen molar-refractivity contribution in [2.24, 2.45) is 0 Å². The molecule has 0 spiro atoms. The van der Waals surface area contributed by atoms with Gasteiger partial charge in [-0.25, -0.2) is 9.97 Å². The summed E-state index contributed by atoms with van der Waals surface area (Å²) in [6.07, 6.45) is 2.76. The largest absolute Gasteiger partial charge is 0.481 e. The number of hydrogen-bond acceptors (Lipinski definition) is 4. The van der Waals surface area contributed by atoms with Gasteiger partial charge in [0.25, 0.3) is 11.5 Å². The van der Waals surface area contributed by atoms with Crippen LogP contribution in [-0.4, -0.2) is 31.0 Å². The van der Waals surface area contributed by atoms with Gasteiger partial charge in [0.05, 0.1) is 12.7 Å². The van der Waals surface area contributed by atoms with Gasteiger partial charge in [0, 0.05) is 6.92 Å². The Morgan fingerprint density at radius 3 is 2.36 bits per heavy atom. The Labute approximate surface area is 77.8 Å². The second kappa shape index (κ2) is 4.17. The van der Waals surface area contributed by atoms with Crippen LogP contribution >= 0.6 is 0 Å². The maximum atomic E-state index is 10.9. The number of rotatable bonds is 0. The van der Waals surface area contributed by atoms with Crippen LogP contribution in [0.1, 0.15) is 6.92 Å². The molecule has 0 aliphatic rings. The molecule has 74 valence electrons. The zero-order valence-corrected chi connectivity index (χ0v) is 7.31. The SMILES string of the molecule is CC(=O)O.O=c1[nH]cnc2nc[nH]c12. The summed E-state index contributed by atoms with van der Waals surface area (Å²) in [6, 6.07) is 0. The quantitative estimate of drug-likeness (QED) is 0.537. The zero-order valence-electron chi connectivity index (χ0n) is 7.31. The van der Waals surface area contributed by atoms with Gasteiger partial charge in [0.15, 0.2) is 11.2 Å². The minimum atomic E-state index is -0.833. The second-order valence-electron chi connectivity index (χ2n) is 2.35. The molecule has 3 N–H and O–H groups in total. The third-order valence-electron chi connectivity index (χ3n) is 1.23. The molecule has 0 atom stereocenters. The summed E-state index contributed by atoms with van der Waals surface area (Å²) in [5.74, 6) is -0.833. The topological polar surface area (TPSA) is 112 Å². The molecule has 0 saturated carbocycles. The molecule has 0 radical (unpaired) electrons. The maximum Gasteiger partial charge on any atom is 0.300 e. The van der Waals surface area contributed by atoms with Crippen molar-refractivity contribution in [3.8, 4) is 0 Å². The molecule has 0 saturated heterocycles. The molecule has 2 heterocycles. The van der Waals surface area contributed by atoms with Crippen molar-refractivity contribution in [1.29, 1.82) is 0 Å². The normalized spacial score (nSPS) is 9.21. The van der Waals surface area contributed by atoms with Gasteiger partial charge in [-0.2, -0.15) is 0 Å². The van der Waals surface area contributed by atoms with E-state index in [0.29, 0.717) is 11.2 Å². The first-order valence-electron chi connectivity index (χ1n) is 3.67. The van der Waals surface area contributed by atoms with E-state index in [0.717, 1.165) is 6.92 Å². The number of fused-ring (bicyclic) bond motifs is 1. The van der Waals surface area contributed by atoms with E-state index < -0.39 is 5.97 Å². The fourth-order valence-corrected chi connectivity index (χ4v) is 0.776. The Bertz CT molecular complexity index is 483. The van der Waals surface area contributed by atoms with Crippen LogP contribution in [0.4, 0.5) is 0 Å². The van der Waals surface area contributed by atoms with Crippen LogP contribution in [0.2, 0.25) is 0 Å². The van der Waals surface area contributed by atoms with Crippen molar-refractivity contribution in [2.75, 3.05) is 0 Å². The second-order valence-corrected chi connectivity index (χ2v) is 2.35. The van der Waals surface area contributed by atoms with Crippen LogP contribution < -0.4 is 5.56 Å². The van der Waals surface area contributed by atoms with Gasteiger partial charge in [-0.3, -0.25) is 9.59 Å². The summed E-state index contributed by atoms with van der Waals surface area (Å²) in [6.45, 7) is 1.08. The zero-order chi connectivity index (χ0) is 10.6. The van der Waals surface area contributed by atoms with Gasteiger partial charge in [-0.1, -0.05) is 0 Å². The Morgan fingerprint density at radius 2 is 1.86 bits per heavy atom. The molecule has 0 bridgehead atoms. The molecule has 0 aromatic carbocycles. The first kappa shape index (κ1) is 9.90. The van der Waals surface area contributed by atoms with E-state index in [9.17, 15) is 4.79 Å². The van der Waals surface area contributed by atoms with Crippen molar-refractivity contribution in [3.05, 3.63) is 23.0 Å². The lowest BCUT2D eigenvalue weighted by atomic mass is 10.6. The number of carboxylic acids is 1. The van der Waals surface area contributed by atoms with E-state index in [1.165, 1.54) is 12.7 Å². The molecule has 7 heteroatoms. The number of nitrogens with zero attached hydrogens (tertiary/aromatic N) is 2. The van der Waals surface area contributed by atoms with Gasteiger partial charge in [0.2, 0.25) is 0 Å². The molecule has 2 aromatic heterocycles. The van der Waals surface area contributed by atoms with Gasteiger partial charge in [0.1, 0.15) is 0 Å². The summed E-state index contributed by atoms with van der Waals surface area (Å²) in [4.78, 5) is 32.6. The monoisotopic (exact) mass is 196 g/mol. The van der Waals surface area contributed by atoms with E-state index in [4.69, 9.17) is 9.90 Å². The molecule has 0 aliphatic heterocycles. The average molecular weight is 196 g/mol. The van der Waals surface area contributed by atoms with Gasteiger partial charge < -0.3 is 15.1 Å². The molecular formula is C7H8N4O3. The van der Waals surface area contributed by atoms with Crippen molar-refractivity contribution in [3.63, 3.8) is 0 Å². The van der Waals surface area contributed by atoms with Crippen LogP contribution in [0.25, 0.3) is 11.2 Å². The van der Waals surface area contributed by atoms with Gasteiger partial charge in [-0.05, 0) is 0 Å². The van der Waals surface area contributed by atoms with Crippen LogP contribution in [0, 0.1) is 0 Å². The summed E-state index contributed by atoms with van der Waals surface area (Å²) in [5.41, 5.74) is 0.675. The number of aliphatic carboxylic acids is 1. The number of imidazole rings is 1. The predicted octanol–water partition coefficient (Wildman–Crippen LogP) is -0.263. The fourth-order valence-electron chi connectivity index (χ4n) is 0.776. The summed E-state index contributed by atoms with van der Waals surface area (Å²) < 4.78 is 0. The molecule has 0 aliphatic carbocycles. The Hall–Kier alpha value is -2.18. The molecule has 2 aromatic rings. The predicted molar refractivity (Wildman–Crippen MR) is 47.8 cm³/mol. The third-order valence-corrected chi connectivity index (χ3v) is 1.23. The Kier molecular flexibility index (Phi) is 2.95. The lowest BCUT2D eigenvalue weighted by Crippen LogP contribution is -2.05. The molecule has 2 rings (SSSR count). The molecule has 0 amide bonds. The van der Waals surface area contributed by atoms with E-state index in [1.54, 1.807) is 0 Å². The molecule has 14 heavy (non-hydrogen) atoms. The number of H-pyrrole nitrogens is 2. The standard InChI is InChI=1S/C5H4N4O.C2H4O2/c10-5-3-4(7-1-6-3)8-2-9-5;1-2(3)4/h1-2H,(H2,6,7,8,9,10);1H3,(H,3,4). The molecule has 0 unspecified atom stereocenters. The summed E-state index contributed by atoms with van der Waals surface area (Å²) >= 11 is 0. The van der Waals surface area contributed by atoms with Gasteiger partial charge in [-0.15, -0.1) is 0 Å². The van der Waals surface area contributed by atoms with E-state index in [1.807, 2.05) is 0 Å². The highest BCUT2D eigenvalue weighted by molar-refractivity contribution is 5.67. The van der Waals surface area contributed by atoms with E-state index >= 15 is 0 Å². The highest BCUT2D eigenvalue weighted by atomic mass is 16.4. The minimum absolute atomic E-state index is 0.192. The van der Waals surface area contributed by atoms with Gasteiger partial charge >= 0.3 is 0 Å². The number of carboxylic acid groups (broad SMARTS) is 1. The number of hydrogen-bond donors (Lipinski definition) is 3. The smallest absolute Gasteiger partial charge is 0.300 e. The lowest BCUT2D eigenvalue weighted by Gasteiger charge is -1.81. The van der Waals surface area contributed by atoms with Crippen LogP contribution in [0.15, 0.2) is 17.4 Å². The highest BCUT2D eigenvalue weighted by Crippen LogP contribution is 1.94. The fraction of sp³-hybridized carbons (Fsp3) is 0.143. The molecule has 7 nitrogen and oxygen atoms in total. The number of carbonyl (C=O) groups is 1. The Morgan fingerprint density at radius 1 is 1.36 bits per heavy atom. The molecular weight excluding hydrogens is 188 g/mol. The van der Waals surface area contributed by atoms with Crippen molar-refractivity contribution >= 4 is 17.1 Å². The first-order chi connectivity index (χ1) is 6.61. The molecule has 0 fully saturated rings. The number of aromatic amines is 2. The maximum absolute atomic E-state index is 10.9. The number of nitrogens with one attached hydrogen (secondary N) is 2. The van der Waals surface area contributed by atoms with E-state index in [2.05, 4.69) is 19.9 Å². The van der Waals surface area contributed by atoms with Crippen LogP contribution in [0.3, 0.4) is 0 Å². The minimum Gasteiger partial charge on any atom is -0.481 e. The van der Waals surface area contributed by atoms with Crippen LogP contribution in [0.5, 0.6) is 0 Å². The lowest BCUT2D eigenvalue weighted by molar-refractivity contribution is -0.134. The van der Waals surface area contributed by atoms with Crippen molar-refractivity contribution in [1.82, 2.24) is 19.9 Å². The van der Waals surface area contributed by atoms with E-state index in [-0.39, 0.29) is 5.56 Å². The number of aromatic nitrogens is 4. The third kappa shape index (κ3) is 2.41. The van der Waals surface area contributed by atoms with Crippen molar-refractivity contribution < 1.29 is 9.90 Å². The Balaban J connectivity index is 0.000000213. The average Bonchev–Trinajstić information content (AvgIpc) is 2.52.